The van der Waals surface area contributed by atoms with E-state index >= 15 is 0 Å². The summed E-state index contributed by atoms with van der Waals surface area (Å²) in [7, 11) is 0. The molecule has 1 aliphatic carbocycles. The van der Waals surface area contributed by atoms with Crippen LogP contribution in [0.5, 0.6) is 0 Å². The average molecular weight is 278 g/mol. The molecule has 1 fully saturated rings. The Hall–Kier alpha value is -1.17. The summed E-state index contributed by atoms with van der Waals surface area (Å²) in [4.78, 5) is 17.3. The quantitative estimate of drug-likeness (QED) is 0.745. The van der Waals surface area contributed by atoms with Gasteiger partial charge in [-0.2, -0.15) is 0 Å². The maximum Gasteiger partial charge on any atom is 0.293 e. The van der Waals surface area contributed by atoms with Crippen molar-refractivity contribution in [2.75, 3.05) is 23.9 Å². The van der Waals surface area contributed by atoms with Crippen LogP contribution in [0.2, 0.25) is 0 Å². The first-order chi connectivity index (χ1) is 8.63. The molecule has 0 saturated heterocycles. The molecule has 7 heteroatoms. The molecule has 1 saturated carbocycles. The lowest BCUT2D eigenvalue weighted by Crippen LogP contribution is -2.37. The van der Waals surface area contributed by atoms with Crippen LogP contribution in [-0.2, 0) is 0 Å². The molecular weight excluding hydrogens is 264 g/mol. The van der Waals surface area contributed by atoms with Gasteiger partial charge in [-0.15, -0.1) is 11.6 Å². The lowest BCUT2D eigenvalue weighted by Gasteiger charge is -2.22. The van der Waals surface area contributed by atoms with Crippen LogP contribution in [0.15, 0.2) is 17.2 Å². The molecule has 2 rings (SSSR count). The summed E-state index contributed by atoms with van der Waals surface area (Å²) < 4.78 is 26.5. The monoisotopic (exact) mass is 277 g/mol. The molecule has 0 aliphatic heterocycles. The van der Waals surface area contributed by atoms with Crippen molar-refractivity contribution in [3.8, 4) is 0 Å². The summed E-state index contributed by atoms with van der Waals surface area (Å²) in [6.07, 6.45) is 2.46. The minimum absolute atomic E-state index is 0.0605. The molecule has 0 aromatic carbocycles. The van der Waals surface area contributed by atoms with E-state index < -0.39 is 13.0 Å². The van der Waals surface area contributed by atoms with E-state index in [2.05, 4.69) is 4.98 Å². The van der Waals surface area contributed by atoms with Gasteiger partial charge in [0, 0.05) is 30.9 Å². The maximum atomic E-state index is 12.5. The van der Waals surface area contributed by atoms with E-state index in [0.29, 0.717) is 0 Å². The maximum absolute atomic E-state index is 12.5. The van der Waals surface area contributed by atoms with E-state index in [1.807, 2.05) is 0 Å². The van der Waals surface area contributed by atoms with Gasteiger partial charge in [0.1, 0.15) is 0 Å². The molecule has 1 aliphatic rings. The van der Waals surface area contributed by atoms with Crippen LogP contribution in [0, 0.1) is 0 Å². The van der Waals surface area contributed by atoms with Gasteiger partial charge in [-0.05, 0) is 12.8 Å². The van der Waals surface area contributed by atoms with Crippen molar-refractivity contribution in [1.29, 1.82) is 0 Å². The first-order valence-corrected chi connectivity index (χ1v) is 6.33. The van der Waals surface area contributed by atoms with Crippen LogP contribution in [-0.4, -0.2) is 34.9 Å². The second-order valence-corrected chi connectivity index (χ2v) is 4.60. The van der Waals surface area contributed by atoms with Gasteiger partial charge in [-0.25, -0.2) is 13.8 Å². The lowest BCUT2D eigenvalue weighted by molar-refractivity contribution is 0.155. The second-order valence-electron chi connectivity index (χ2n) is 4.22. The molecular formula is C11H14ClF2N3O. The number of halogens is 3. The number of alkyl halides is 3. The van der Waals surface area contributed by atoms with E-state index in [4.69, 9.17) is 11.6 Å². The minimum atomic E-state index is -2.52. The van der Waals surface area contributed by atoms with Gasteiger partial charge in [-0.3, -0.25) is 4.79 Å². The number of rotatable bonds is 6. The van der Waals surface area contributed by atoms with Gasteiger partial charge >= 0.3 is 0 Å². The fourth-order valence-corrected chi connectivity index (χ4v) is 2.03. The predicted molar refractivity (Wildman–Crippen MR) is 65.7 cm³/mol. The molecule has 0 bridgehead atoms. The second kappa shape index (κ2) is 5.65. The summed E-state index contributed by atoms with van der Waals surface area (Å²) >= 11 is 5.57. The van der Waals surface area contributed by atoms with Crippen molar-refractivity contribution in [3.05, 3.63) is 22.7 Å². The SMILES string of the molecule is O=c1c(N(CCCl)CC(F)F)nccn1C1CC1. The zero-order valence-corrected chi connectivity index (χ0v) is 10.5. The van der Waals surface area contributed by atoms with Crippen molar-refractivity contribution >= 4 is 17.4 Å². The molecule has 0 N–H and O–H groups in total. The van der Waals surface area contributed by atoms with Crippen molar-refractivity contribution in [3.63, 3.8) is 0 Å². The molecule has 1 heterocycles. The Morgan fingerprint density at radius 1 is 1.56 bits per heavy atom. The first-order valence-electron chi connectivity index (χ1n) is 5.79. The highest BCUT2D eigenvalue weighted by atomic mass is 35.5. The van der Waals surface area contributed by atoms with Crippen molar-refractivity contribution in [2.45, 2.75) is 25.3 Å². The Balaban J connectivity index is 2.28. The molecule has 0 unspecified atom stereocenters. The van der Waals surface area contributed by atoms with E-state index in [-0.39, 0.29) is 29.8 Å². The molecule has 0 atom stereocenters. The lowest BCUT2D eigenvalue weighted by atomic mass is 10.4. The molecule has 4 nitrogen and oxygen atoms in total. The fourth-order valence-electron chi connectivity index (χ4n) is 1.82. The molecule has 0 spiro atoms. The van der Waals surface area contributed by atoms with Crippen LogP contribution >= 0.6 is 11.6 Å². The van der Waals surface area contributed by atoms with E-state index in [1.165, 1.54) is 11.1 Å². The standard InChI is InChI=1S/C11H14ClF2N3O/c12-3-5-16(7-9(13)14)10-11(18)17(6-4-15-10)8-1-2-8/h4,6,8-9H,1-3,5,7H2. The van der Waals surface area contributed by atoms with Gasteiger partial charge in [-0.1, -0.05) is 0 Å². The van der Waals surface area contributed by atoms with Crippen LogP contribution in [0.1, 0.15) is 18.9 Å². The van der Waals surface area contributed by atoms with Crippen molar-refractivity contribution < 1.29 is 8.78 Å². The predicted octanol–water partition coefficient (Wildman–Crippen LogP) is 1.89. The van der Waals surface area contributed by atoms with Crippen LogP contribution in [0.3, 0.4) is 0 Å². The smallest absolute Gasteiger partial charge is 0.293 e. The molecule has 0 radical (unpaired) electrons. The Bertz CT molecular complexity index is 462. The summed E-state index contributed by atoms with van der Waals surface area (Å²) in [6.45, 7) is -0.341. The van der Waals surface area contributed by atoms with Crippen LogP contribution in [0.25, 0.3) is 0 Å². The first kappa shape index (κ1) is 13.3. The zero-order chi connectivity index (χ0) is 13.1. The number of anilines is 1. The zero-order valence-electron chi connectivity index (χ0n) is 9.73. The number of aromatic nitrogens is 2. The minimum Gasteiger partial charge on any atom is -0.345 e. The van der Waals surface area contributed by atoms with Gasteiger partial charge in [0.2, 0.25) is 0 Å². The van der Waals surface area contributed by atoms with E-state index in [0.717, 1.165) is 12.8 Å². The number of hydrogen-bond acceptors (Lipinski definition) is 3. The Kier molecular flexibility index (Phi) is 4.16. The van der Waals surface area contributed by atoms with Gasteiger partial charge in [0.15, 0.2) is 5.82 Å². The number of nitrogens with zero attached hydrogens (tertiary/aromatic N) is 3. The third-order valence-corrected chi connectivity index (χ3v) is 2.97. The highest BCUT2D eigenvalue weighted by Gasteiger charge is 2.26. The van der Waals surface area contributed by atoms with Gasteiger partial charge in [0.25, 0.3) is 12.0 Å². The van der Waals surface area contributed by atoms with Gasteiger partial charge in [0.05, 0.1) is 6.54 Å². The molecule has 1 aromatic rings. The van der Waals surface area contributed by atoms with Crippen molar-refractivity contribution in [1.82, 2.24) is 9.55 Å². The van der Waals surface area contributed by atoms with E-state index in [1.54, 1.807) is 10.8 Å². The molecule has 100 valence electrons. The van der Waals surface area contributed by atoms with Gasteiger partial charge < -0.3 is 9.47 Å². The van der Waals surface area contributed by atoms with Crippen LogP contribution < -0.4 is 10.5 Å². The summed E-state index contributed by atoms with van der Waals surface area (Å²) in [5.41, 5.74) is -0.314. The molecule has 1 aromatic heterocycles. The summed E-state index contributed by atoms with van der Waals surface area (Å²) in [5.74, 6) is 0.233. The largest absolute Gasteiger partial charge is 0.345 e. The third-order valence-electron chi connectivity index (χ3n) is 2.80. The normalized spacial score (nSPS) is 15.1. The third kappa shape index (κ3) is 2.98. The van der Waals surface area contributed by atoms with Crippen molar-refractivity contribution in [2.24, 2.45) is 0 Å². The summed E-state index contributed by atoms with van der Waals surface area (Å²) in [6, 6.07) is 0.198. The highest BCUT2D eigenvalue weighted by molar-refractivity contribution is 6.18. The topological polar surface area (TPSA) is 38.1 Å². The Morgan fingerprint density at radius 3 is 2.83 bits per heavy atom. The average Bonchev–Trinajstić information content (AvgIpc) is 3.12. The van der Waals surface area contributed by atoms with E-state index in [9.17, 15) is 13.6 Å². The Labute approximate surface area is 108 Å². The number of hydrogen-bond donors (Lipinski definition) is 0. The highest BCUT2D eigenvalue weighted by Crippen LogP contribution is 2.33. The Morgan fingerprint density at radius 2 is 2.28 bits per heavy atom. The van der Waals surface area contributed by atoms with Crippen LogP contribution in [0.4, 0.5) is 14.6 Å². The summed E-state index contributed by atoms with van der Waals surface area (Å²) in [5, 5.41) is 0. The molecule has 0 amide bonds. The molecule has 18 heavy (non-hydrogen) atoms. The fraction of sp³-hybridized carbons (Fsp3) is 0.636.